The summed E-state index contributed by atoms with van der Waals surface area (Å²) in [6.45, 7) is 6.58. The predicted molar refractivity (Wildman–Crippen MR) is 110 cm³/mol. The van der Waals surface area contributed by atoms with E-state index in [9.17, 15) is 0 Å². The van der Waals surface area contributed by atoms with E-state index in [0.717, 1.165) is 28.4 Å². The molecule has 4 heteroatoms. The Balaban J connectivity index is 2.15. The molecule has 0 heterocycles. The Kier molecular flexibility index (Phi) is 7.30. The monoisotopic (exact) mass is 374 g/mol. The molecule has 0 radical (unpaired) electrons. The number of ether oxygens (including phenoxy) is 1. The fraction of sp³-hybridized carbons (Fsp3) is 0.333. The lowest BCUT2D eigenvalue weighted by Crippen LogP contribution is -2.35. The molecule has 0 amide bonds. The van der Waals surface area contributed by atoms with Crippen LogP contribution in [0.3, 0.4) is 0 Å². The first kappa shape index (κ1) is 19.8. The maximum absolute atomic E-state index is 6.63. The van der Waals surface area contributed by atoms with E-state index < -0.39 is 8.32 Å². The number of rotatable bonds is 8. The van der Waals surface area contributed by atoms with Crippen molar-refractivity contribution >= 4 is 26.0 Å². The number of hydrogen-bond donors (Lipinski definition) is 0. The molecule has 0 aromatic heterocycles. The number of hydrogen-bond acceptors (Lipinski definition) is 2. The summed E-state index contributed by atoms with van der Waals surface area (Å²) in [5.74, 6) is 0.869. The summed E-state index contributed by atoms with van der Waals surface area (Å²) in [4.78, 5) is 0. The fourth-order valence-electron chi connectivity index (χ4n) is 2.81. The number of benzene rings is 2. The van der Waals surface area contributed by atoms with Crippen molar-refractivity contribution in [1.82, 2.24) is 0 Å². The average molecular weight is 375 g/mol. The Morgan fingerprint density at radius 1 is 1.00 bits per heavy atom. The van der Waals surface area contributed by atoms with Gasteiger partial charge in [0, 0.05) is 5.02 Å². The van der Waals surface area contributed by atoms with Crippen LogP contribution in [-0.2, 0) is 4.43 Å². The summed E-state index contributed by atoms with van der Waals surface area (Å²) in [5.41, 5.74) is 4.65. The van der Waals surface area contributed by atoms with Crippen LogP contribution >= 0.6 is 11.6 Å². The largest absolute Gasteiger partial charge is 0.497 e. The zero-order chi connectivity index (χ0) is 18.3. The summed E-state index contributed by atoms with van der Waals surface area (Å²) in [6, 6.07) is 18.1. The van der Waals surface area contributed by atoms with E-state index in [-0.39, 0.29) is 6.10 Å². The lowest BCUT2D eigenvalue weighted by Gasteiger charge is -2.30. The lowest BCUT2D eigenvalue weighted by atomic mass is 10.1. The van der Waals surface area contributed by atoms with Crippen molar-refractivity contribution in [2.45, 2.75) is 39.0 Å². The molecule has 25 heavy (non-hydrogen) atoms. The summed E-state index contributed by atoms with van der Waals surface area (Å²) in [5, 5.41) is 0.760. The van der Waals surface area contributed by atoms with Gasteiger partial charge in [-0.2, -0.15) is 0 Å². The van der Waals surface area contributed by atoms with E-state index in [4.69, 9.17) is 20.8 Å². The fourth-order valence-corrected chi connectivity index (χ4v) is 5.65. The van der Waals surface area contributed by atoms with Gasteiger partial charge in [-0.1, -0.05) is 61.5 Å². The SMILES string of the molecule is CC[Si](C=Cc1ccc(Cl)cc1)(CC)OC(C)c1ccc(OC)cc1. The molecular formula is C21H27ClO2Si. The Morgan fingerprint density at radius 2 is 1.60 bits per heavy atom. The van der Waals surface area contributed by atoms with Crippen molar-refractivity contribution in [3.63, 3.8) is 0 Å². The lowest BCUT2D eigenvalue weighted by molar-refractivity contribution is 0.216. The highest BCUT2D eigenvalue weighted by Crippen LogP contribution is 2.29. The quantitative estimate of drug-likeness (QED) is 0.480. The Hall–Kier alpha value is -1.55. The normalized spacial score (nSPS) is 13.2. The minimum absolute atomic E-state index is 0.0624. The van der Waals surface area contributed by atoms with Gasteiger partial charge in [0.25, 0.3) is 0 Å². The van der Waals surface area contributed by atoms with E-state index in [1.807, 2.05) is 36.4 Å². The molecule has 1 atom stereocenters. The Labute approximate surface area is 157 Å². The van der Waals surface area contributed by atoms with Crippen molar-refractivity contribution in [3.05, 3.63) is 70.4 Å². The second kappa shape index (κ2) is 9.23. The van der Waals surface area contributed by atoms with Crippen LogP contribution in [0.2, 0.25) is 17.1 Å². The van der Waals surface area contributed by atoms with E-state index in [2.05, 4.69) is 44.7 Å². The molecule has 0 fully saturated rings. The molecule has 2 rings (SSSR count). The summed E-state index contributed by atoms with van der Waals surface area (Å²) < 4.78 is 11.9. The molecule has 2 aromatic carbocycles. The average Bonchev–Trinajstić information content (AvgIpc) is 2.66. The van der Waals surface area contributed by atoms with Crippen molar-refractivity contribution in [2.75, 3.05) is 7.11 Å². The Bertz CT molecular complexity index is 676. The van der Waals surface area contributed by atoms with Crippen LogP contribution in [0.1, 0.15) is 38.0 Å². The minimum atomic E-state index is -1.95. The molecule has 0 bridgehead atoms. The second-order valence-electron chi connectivity index (χ2n) is 6.19. The van der Waals surface area contributed by atoms with Crippen LogP contribution in [0.4, 0.5) is 0 Å². The molecule has 2 aromatic rings. The maximum Gasteiger partial charge on any atom is 0.217 e. The van der Waals surface area contributed by atoms with Crippen molar-refractivity contribution < 1.29 is 9.16 Å². The molecular weight excluding hydrogens is 348 g/mol. The third kappa shape index (κ3) is 5.46. The molecule has 0 aliphatic carbocycles. The minimum Gasteiger partial charge on any atom is -0.497 e. The first-order chi connectivity index (χ1) is 12.0. The zero-order valence-electron chi connectivity index (χ0n) is 15.5. The van der Waals surface area contributed by atoms with E-state index in [1.54, 1.807) is 7.11 Å². The van der Waals surface area contributed by atoms with Gasteiger partial charge in [-0.25, -0.2) is 0 Å². The first-order valence-corrected chi connectivity index (χ1v) is 11.6. The van der Waals surface area contributed by atoms with E-state index >= 15 is 0 Å². The summed E-state index contributed by atoms with van der Waals surface area (Å²) in [7, 11) is -0.269. The van der Waals surface area contributed by atoms with Crippen LogP contribution in [0.25, 0.3) is 6.08 Å². The van der Waals surface area contributed by atoms with Gasteiger partial charge in [0.15, 0.2) is 0 Å². The molecule has 134 valence electrons. The third-order valence-corrected chi connectivity index (χ3v) is 8.89. The maximum atomic E-state index is 6.63. The van der Waals surface area contributed by atoms with Gasteiger partial charge in [0.05, 0.1) is 13.2 Å². The van der Waals surface area contributed by atoms with Gasteiger partial charge in [-0.05, 0) is 54.4 Å². The standard InChI is InChI=1S/C21H27ClO2Si/c1-5-25(6-2,16-15-18-7-11-20(22)12-8-18)24-17(3)19-9-13-21(23-4)14-10-19/h7-17H,5-6H2,1-4H3. The predicted octanol–water partition coefficient (Wildman–Crippen LogP) is 6.66. The highest BCUT2D eigenvalue weighted by atomic mass is 35.5. The van der Waals surface area contributed by atoms with Crippen LogP contribution in [0.15, 0.2) is 54.2 Å². The molecule has 0 saturated heterocycles. The van der Waals surface area contributed by atoms with Crippen LogP contribution in [-0.4, -0.2) is 15.4 Å². The second-order valence-corrected chi connectivity index (χ2v) is 10.7. The topological polar surface area (TPSA) is 18.5 Å². The molecule has 0 aliphatic heterocycles. The Morgan fingerprint density at radius 3 is 2.12 bits per heavy atom. The molecule has 0 N–H and O–H groups in total. The van der Waals surface area contributed by atoms with Gasteiger partial charge in [-0.3, -0.25) is 0 Å². The van der Waals surface area contributed by atoms with E-state index in [0.29, 0.717) is 0 Å². The summed E-state index contributed by atoms with van der Waals surface area (Å²) >= 11 is 5.97. The highest BCUT2D eigenvalue weighted by Gasteiger charge is 2.30. The third-order valence-electron chi connectivity index (χ3n) is 4.64. The van der Waals surface area contributed by atoms with Gasteiger partial charge in [-0.15, -0.1) is 0 Å². The molecule has 0 aliphatic rings. The van der Waals surface area contributed by atoms with Crippen molar-refractivity contribution in [3.8, 4) is 5.75 Å². The highest BCUT2D eigenvalue weighted by molar-refractivity contribution is 6.79. The van der Waals surface area contributed by atoms with Crippen LogP contribution in [0.5, 0.6) is 5.75 Å². The van der Waals surface area contributed by atoms with Crippen LogP contribution < -0.4 is 4.74 Å². The van der Waals surface area contributed by atoms with Gasteiger partial charge in [0.2, 0.25) is 8.32 Å². The van der Waals surface area contributed by atoms with Gasteiger partial charge < -0.3 is 9.16 Å². The van der Waals surface area contributed by atoms with E-state index in [1.165, 1.54) is 5.56 Å². The van der Waals surface area contributed by atoms with Crippen LogP contribution in [0, 0.1) is 0 Å². The van der Waals surface area contributed by atoms with Gasteiger partial charge in [0.1, 0.15) is 5.75 Å². The molecule has 0 saturated carbocycles. The van der Waals surface area contributed by atoms with Crippen molar-refractivity contribution in [1.29, 1.82) is 0 Å². The van der Waals surface area contributed by atoms with Gasteiger partial charge >= 0.3 is 0 Å². The number of halogens is 1. The van der Waals surface area contributed by atoms with Crippen molar-refractivity contribution in [2.24, 2.45) is 0 Å². The smallest absolute Gasteiger partial charge is 0.217 e. The molecule has 0 spiro atoms. The molecule has 2 nitrogen and oxygen atoms in total. The molecule has 1 unspecified atom stereocenters. The zero-order valence-corrected chi connectivity index (χ0v) is 17.2. The summed E-state index contributed by atoms with van der Waals surface area (Å²) in [6.07, 6.45) is 2.24. The first-order valence-electron chi connectivity index (χ1n) is 8.78. The number of methoxy groups -OCH3 is 1.